The summed E-state index contributed by atoms with van der Waals surface area (Å²) in [5.74, 6) is 0.547. The van der Waals surface area contributed by atoms with Crippen molar-refractivity contribution in [1.82, 2.24) is 9.88 Å². The maximum absolute atomic E-state index is 12.1. The van der Waals surface area contributed by atoms with Crippen molar-refractivity contribution in [3.8, 4) is 0 Å². The van der Waals surface area contributed by atoms with Gasteiger partial charge in [0.25, 0.3) is 0 Å². The highest BCUT2D eigenvalue weighted by molar-refractivity contribution is 6.30. The van der Waals surface area contributed by atoms with E-state index < -0.39 is 6.03 Å². The number of benzene rings is 1. The van der Waals surface area contributed by atoms with E-state index in [1.54, 1.807) is 23.2 Å². The summed E-state index contributed by atoms with van der Waals surface area (Å²) in [5, 5.41) is 0.538. The van der Waals surface area contributed by atoms with Gasteiger partial charge in [0, 0.05) is 18.3 Å². The van der Waals surface area contributed by atoms with Gasteiger partial charge in [0.05, 0.1) is 5.02 Å². The fraction of sp³-hybridized carbons (Fsp3) is 0.455. The van der Waals surface area contributed by atoms with Crippen LogP contribution in [-0.2, 0) is 5.54 Å². The second-order valence-corrected chi connectivity index (χ2v) is 8.80. The van der Waals surface area contributed by atoms with E-state index in [9.17, 15) is 4.79 Å². The molecule has 0 bridgehead atoms. The highest BCUT2D eigenvalue weighted by Gasteiger charge is 2.44. The number of halogens is 1. The smallest absolute Gasteiger partial charge is 0.320 e. The minimum Gasteiger partial charge on any atom is -0.351 e. The molecule has 2 N–H and O–H groups in total. The number of hydrogen-bond donors (Lipinski definition) is 1. The molecule has 2 aromatic rings. The number of pyridine rings is 1. The molecule has 1 aliphatic carbocycles. The summed E-state index contributed by atoms with van der Waals surface area (Å²) in [5.41, 5.74) is 7.04. The van der Waals surface area contributed by atoms with E-state index in [1.807, 2.05) is 0 Å². The van der Waals surface area contributed by atoms with E-state index in [2.05, 4.69) is 61.2 Å². The molecule has 1 fully saturated rings. The predicted molar refractivity (Wildman–Crippen MR) is 115 cm³/mol. The summed E-state index contributed by atoms with van der Waals surface area (Å²) < 4.78 is 0. The molecule has 1 aromatic heterocycles. The zero-order chi connectivity index (χ0) is 20.4. The third-order valence-corrected chi connectivity index (χ3v) is 6.47. The van der Waals surface area contributed by atoms with Crippen molar-refractivity contribution in [1.29, 1.82) is 0 Å². The summed E-state index contributed by atoms with van der Waals surface area (Å²) in [6.07, 6.45) is 5.60. The van der Waals surface area contributed by atoms with Crippen molar-refractivity contribution in [3.05, 3.63) is 59.2 Å². The SMILES string of the molecule is CN(C)C1(c2ccccc2)CCC(C)(CN(C(N)=O)c2ccc(Cl)cn2)CC1. The Hall–Kier alpha value is -2.11. The minimum atomic E-state index is -0.483. The molecule has 3 rings (SSSR count). The number of aromatic nitrogens is 1. The Morgan fingerprint density at radius 3 is 2.25 bits per heavy atom. The van der Waals surface area contributed by atoms with Crippen LogP contribution in [0.25, 0.3) is 0 Å². The molecule has 0 atom stereocenters. The number of rotatable bonds is 5. The summed E-state index contributed by atoms with van der Waals surface area (Å²) in [6, 6.07) is 13.7. The van der Waals surface area contributed by atoms with Crippen LogP contribution < -0.4 is 10.6 Å². The second-order valence-electron chi connectivity index (χ2n) is 8.36. The van der Waals surface area contributed by atoms with Gasteiger partial charge in [0.1, 0.15) is 5.82 Å². The Kier molecular flexibility index (Phi) is 5.96. The lowest BCUT2D eigenvalue weighted by atomic mass is 9.65. The van der Waals surface area contributed by atoms with Crippen LogP contribution in [0.3, 0.4) is 0 Å². The van der Waals surface area contributed by atoms with Crippen LogP contribution >= 0.6 is 11.6 Å². The van der Waals surface area contributed by atoms with Gasteiger partial charge in [-0.25, -0.2) is 9.78 Å². The lowest BCUT2D eigenvalue weighted by Crippen LogP contribution is -2.50. The van der Waals surface area contributed by atoms with Crippen LogP contribution in [0.5, 0.6) is 0 Å². The van der Waals surface area contributed by atoms with Gasteiger partial charge in [-0.05, 0) is 62.9 Å². The monoisotopic (exact) mass is 400 g/mol. The van der Waals surface area contributed by atoms with Crippen molar-refractivity contribution in [2.24, 2.45) is 11.1 Å². The number of carbonyl (C=O) groups is 1. The van der Waals surface area contributed by atoms with Crippen molar-refractivity contribution in [2.45, 2.75) is 38.1 Å². The molecular formula is C22H29ClN4O. The third kappa shape index (κ3) is 4.15. The van der Waals surface area contributed by atoms with Crippen LogP contribution in [0.2, 0.25) is 5.02 Å². The molecule has 5 nitrogen and oxygen atoms in total. The van der Waals surface area contributed by atoms with Crippen molar-refractivity contribution in [2.75, 3.05) is 25.5 Å². The van der Waals surface area contributed by atoms with Crippen LogP contribution in [0.1, 0.15) is 38.2 Å². The van der Waals surface area contributed by atoms with Crippen molar-refractivity contribution < 1.29 is 4.79 Å². The highest BCUT2D eigenvalue weighted by Crippen LogP contribution is 2.48. The average molecular weight is 401 g/mol. The Labute approximate surface area is 172 Å². The molecule has 0 spiro atoms. The van der Waals surface area contributed by atoms with Gasteiger partial charge in [0.2, 0.25) is 0 Å². The van der Waals surface area contributed by atoms with Gasteiger partial charge in [0.15, 0.2) is 0 Å². The largest absolute Gasteiger partial charge is 0.351 e. The van der Waals surface area contributed by atoms with E-state index in [1.165, 1.54) is 5.56 Å². The Morgan fingerprint density at radius 1 is 1.11 bits per heavy atom. The van der Waals surface area contributed by atoms with E-state index >= 15 is 0 Å². The van der Waals surface area contributed by atoms with E-state index in [0.29, 0.717) is 17.4 Å². The molecule has 0 saturated heterocycles. The van der Waals surface area contributed by atoms with Crippen LogP contribution in [0, 0.1) is 5.41 Å². The molecule has 1 aliphatic rings. The first kappa shape index (κ1) is 20.6. The Morgan fingerprint density at radius 2 is 1.75 bits per heavy atom. The molecule has 1 saturated carbocycles. The molecule has 28 heavy (non-hydrogen) atoms. The number of amides is 2. The average Bonchev–Trinajstić information content (AvgIpc) is 2.68. The zero-order valence-corrected chi connectivity index (χ0v) is 17.6. The molecule has 1 aromatic carbocycles. The molecule has 1 heterocycles. The first-order chi connectivity index (χ1) is 13.3. The van der Waals surface area contributed by atoms with E-state index in [0.717, 1.165) is 25.7 Å². The van der Waals surface area contributed by atoms with Gasteiger partial charge in [-0.2, -0.15) is 0 Å². The number of nitrogens with zero attached hydrogens (tertiary/aromatic N) is 3. The minimum absolute atomic E-state index is 0.0232. The predicted octanol–water partition coefficient (Wildman–Crippen LogP) is 4.66. The molecule has 0 aliphatic heterocycles. The van der Waals surface area contributed by atoms with Gasteiger partial charge in [-0.15, -0.1) is 0 Å². The first-order valence-corrected chi connectivity index (χ1v) is 10.1. The number of carbonyl (C=O) groups excluding carboxylic acids is 1. The normalized spacial score (nSPS) is 24.9. The Balaban J connectivity index is 1.79. The fourth-order valence-electron chi connectivity index (χ4n) is 4.35. The molecule has 0 unspecified atom stereocenters. The molecule has 150 valence electrons. The van der Waals surface area contributed by atoms with Gasteiger partial charge in [-0.1, -0.05) is 48.9 Å². The van der Waals surface area contributed by atoms with Crippen LogP contribution in [-0.4, -0.2) is 36.6 Å². The third-order valence-electron chi connectivity index (χ3n) is 6.25. The molecule has 0 radical (unpaired) electrons. The number of nitrogens with two attached hydrogens (primary N) is 1. The van der Waals surface area contributed by atoms with Crippen LogP contribution in [0.4, 0.5) is 10.6 Å². The van der Waals surface area contributed by atoms with E-state index in [4.69, 9.17) is 17.3 Å². The summed E-state index contributed by atoms with van der Waals surface area (Å²) in [4.78, 5) is 20.3. The fourth-order valence-corrected chi connectivity index (χ4v) is 4.46. The second kappa shape index (κ2) is 8.10. The zero-order valence-electron chi connectivity index (χ0n) is 16.9. The van der Waals surface area contributed by atoms with E-state index in [-0.39, 0.29) is 11.0 Å². The lowest BCUT2D eigenvalue weighted by molar-refractivity contribution is 0.0459. The number of anilines is 1. The maximum atomic E-state index is 12.1. The number of urea groups is 1. The van der Waals surface area contributed by atoms with Gasteiger partial charge < -0.3 is 5.73 Å². The lowest BCUT2D eigenvalue weighted by Gasteiger charge is -2.49. The van der Waals surface area contributed by atoms with Gasteiger partial charge in [-0.3, -0.25) is 9.80 Å². The molecule has 2 amide bonds. The number of hydrogen-bond acceptors (Lipinski definition) is 3. The number of primary amides is 1. The first-order valence-electron chi connectivity index (χ1n) is 9.67. The van der Waals surface area contributed by atoms with Crippen molar-refractivity contribution in [3.63, 3.8) is 0 Å². The van der Waals surface area contributed by atoms with Gasteiger partial charge >= 0.3 is 6.03 Å². The summed E-state index contributed by atoms with van der Waals surface area (Å²) in [7, 11) is 4.31. The molecule has 6 heteroatoms. The Bertz CT molecular complexity index is 799. The van der Waals surface area contributed by atoms with Crippen molar-refractivity contribution >= 4 is 23.4 Å². The standard InChI is InChI=1S/C22H29ClN4O/c1-21(16-27(20(24)28)19-10-9-18(23)15-25-19)11-13-22(14-12-21,26(2)3)17-7-5-4-6-8-17/h4-10,15H,11-14,16H2,1-3H3,(H2,24,28). The quantitative estimate of drug-likeness (QED) is 0.793. The summed E-state index contributed by atoms with van der Waals surface area (Å²) in [6.45, 7) is 2.79. The molecular weight excluding hydrogens is 372 g/mol. The summed E-state index contributed by atoms with van der Waals surface area (Å²) >= 11 is 5.93. The topological polar surface area (TPSA) is 62.5 Å². The maximum Gasteiger partial charge on any atom is 0.320 e. The van der Waals surface area contributed by atoms with Crippen LogP contribution in [0.15, 0.2) is 48.7 Å². The highest BCUT2D eigenvalue weighted by atomic mass is 35.5.